The first-order valence-electron chi connectivity index (χ1n) is 5.40. The summed E-state index contributed by atoms with van der Waals surface area (Å²) in [6.45, 7) is 1.94. The van der Waals surface area contributed by atoms with Gasteiger partial charge in [-0.05, 0) is 34.5 Å². The second-order valence-electron chi connectivity index (χ2n) is 3.97. The van der Waals surface area contributed by atoms with Gasteiger partial charge in [-0.15, -0.1) is 0 Å². The molecule has 0 fully saturated rings. The van der Waals surface area contributed by atoms with Gasteiger partial charge < -0.3 is 4.42 Å². The monoisotopic (exact) mass is 304 g/mol. The van der Waals surface area contributed by atoms with E-state index >= 15 is 0 Å². The minimum atomic E-state index is -0.426. The van der Waals surface area contributed by atoms with Crippen LogP contribution in [0.4, 0.5) is 0 Å². The lowest BCUT2D eigenvalue weighted by molar-refractivity contribution is 0.540. The number of fused-ring (bicyclic) bond motifs is 1. The third kappa shape index (κ3) is 1.67. The van der Waals surface area contributed by atoms with Crippen molar-refractivity contribution in [2.24, 2.45) is 0 Å². The molecule has 0 spiro atoms. The SMILES string of the molecule is Cc1ccccc1-n1c(=O)oc2cc(Br)cnc21. The number of pyridine rings is 1. The Hall–Kier alpha value is -1.88. The summed E-state index contributed by atoms with van der Waals surface area (Å²) >= 11 is 3.30. The summed E-state index contributed by atoms with van der Waals surface area (Å²) in [4.78, 5) is 16.2. The topological polar surface area (TPSA) is 48.0 Å². The van der Waals surface area contributed by atoms with Crippen LogP contribution in [0.5, 0.6) is 0 Å². The molecule has 0 aliphatic carbocycles. The van der Waals surface area contributed by atoms with Gasteiger partial charge in [-0.3, -0.25) is 0 Å². The molecule has 1 aromatic carbocycles. The van der Waals surface area contributed by atoms with E-state index in [1.165, 1.54) is 4.57 Å². The summed E-state index contributed by atoms with van der Waals surface area (Å²) in [6, 6.07) is 9.36. The van der Waals surface area contributed by atoms with Crippen LogP contribution in [0.3, 0.4) is 0 Å². The number of hydrogen-bond donors (Lipinski definition) is 0. The maximum absolute atomic E-state index is 11.9. The van der Waals surface area contributed by atoms with Crippen molar-refractivity contribution < 1.29 is 4.42 Å². The number of nitrogens with zero attached hydrogens (tertiary/aromatic N) is 2. The summed E-state index contributed by atoms with van der Waals surface area (Å²) in [5, 5.41) is 0. The Morgan fingerprint density at radius 3 is 2.89 bits per heavy atom. The van der Waals surface area contributed by atoms with E-state index in [9.17, 15) is 4.79 Å². The first kappa shape index (κ1) is 11.2. The molecule has 0 radical (unpaired) electrons. The molecule has 0 N–H and O–H groups in total. The molecule has 18 heavy (non-hydrogen) atoms. The standard InChI is InChI=1S/C13H9BrN2O2/c1-8-4-2-3-5-10(8)16-12-11(18-13(16)17)6-9(14)7-15-12/h2-7H,1H3. The Balaban J connectivity index is 2.40. The molecule has 4 nitrogen and oxygen atoms in total. The van der Waals surface area contributed by atoms with Crippen molar-refractivity contribution in [1.82, 2.24) is 9.55 Å². The zero-order valence-corrected chi connectivity index (χ0v) is 11.1. The Morgan fingerprint density at radius 2 is 2.11 bits per heavy atom. The van der Waals surface area contributed by atoms with Gasteiger partial charge in [-0.2, -0.15) is 0 Å². The highest BCUT2D eigenvalue weighted by Crippen LogP contribution is 2.20. The maximum atomic E-state index is 11.9. The van der Waals surface area contributed by atoms with Crippen LogP contribution in [0.25, 0.3) is 16.9 Å². The number of aromatic nitrogens is 2. The van der Waals surface area contributed by atoms with E-state index in [-0.39, 0.29) is 0 Å². The summed E-state index contributed by atoms with van der Waals surface area (Å²) in [6.07, 6.45) is 1.64. The van der Waals surface area contributed by atoms with Crippen LogP contribution in [0.2, 0.25) is 0 Å². The molecule has 5 heteroatoms. The number of oxazole rings is 1. The van der Waals surface area contributed by atoms with E-state index in [2.05, 4.69) is 20.9 Å². The number of rotatable bonds is 1. The predicted octanol–water partition coefficient (Wildman–Crippen LogP) is 3.05. The van der Waals surface area contributed by atoms with Crippen molar-refractivity contribution >= 4 is 27.2 Å². The van der Waals surface area contributed by atoms with E-state index in [0.717, 1.165) is 15.7 Å². The summed E-state index contributed by atoms with van der Waals surface area (Å²) < 4.78 is 7.47. The van der Waals surface area contributed by atoms with Gasteiger partial charge in [-0.1, -0.05) is 18.2 Å². The largest absolute Gasteiger partial charge is 0.425 e. The molecule has 0 saturated carbocycles. The smallest absolute Gasteiger partial charge is 0.406 e. The Kier molecular flexibility index (Phi) is 2.56. The predicted molar refractivity (Wildman–Crippen MR) is 72.0 cm³/mol. The lowest BCUT2D eigenvalue weighted by atomic mass is 10.2. The number of benzene rings is 1. The number of aryl methyl sites for hydroxylation is 1. The second kappa shape index (κ2) is 4.10. The molecule has 90 valence electrons. The zero-order valence-electron chi connectivity index (χ0n) is 9.55. The number of para-hydroxylation sites is 1. The molecule has 0 atom stereocenters. The van der Waals surface area contributed by atoms with Crippen molar-refractivity contribution in [3.8, 4) is 5.69 Å². The van der Waals surface area contributed by atoms with Gasteiger partial charge in [0.05, 0.1) is 5.69 Å². The first-order chi connectivity index (χ1) is 8.66. The molecule has 3 aromatic rings. The van der Waals surface area contributed by atoms with Gasteiger partial charge in [-0.25, -0.2) is 14.3 Å². The molecule has 0 amide bonds. The third-order valence-corrected chi connectivity index (χ3v) is 3.18. The van der Waals surface area contributed by atoms with Crippen LogP contribution in [0, 0.1) is 6.92 Å². The Labute approximate surface area is 111 Å². The molecule has 3 rings (SSSR count). The molecule has 0 bridgehead atoms. The van der Waals surface area contributed by atoms with E-state index in [0.29, 0.717) is 11.2 Å². The van der Waals surface area contributed by atoms with Crippen LogP contribution in [-0.2, 0) is 0 Å². The molecule has 2 aromatic heterocycles. The molecule has 0 aliphatic rings. The fourth-order valence-electron chi connectivity index (χ4n) is 1.91. The highest BCUT2D eigenvalue weighted by Gasteiger charge is 2.13. The van der Waals surface area contributed by atoms with Crippen LogP contribution in [-0.4, -0.2) is 9.55 Å². The van der Waals surface area contributed by atoms with Gasteiger partial charge in [0.25, 0.3) is 0 Å². The highest BCUT2D eigenvalue weighted by atomic mass is 79.9. The van der Waals surface area contributed by atoms with E-state index in [1.54, 1.807) is 12.3 Å². The lowest BCUT2D eigenvalue weighted by Crippen LogP contribution is -2.13. The van der Waals surface area contributed by atoms with Crippen LogP contribution >= 0.6 is 15.9 Å². The van der Waals surface area contributed by atoms with Crippen molar-refractivity contribution in [3.63, 3.8) is 0 Å². The zero-order chi connectivity index (χ0) is 12.7. The van der Waals surface area contributed by atoms with Gasteiger partial charge in [0, 0.05) is 16.7 Å². The minimum absolute atomic E-state index is 0.426. The fourth-order valence-corrected chi connectivity index (χ4v) is 2.22. The highest BCUT2D eigenvalue weighted by molar-refractivity contribution is 9.10. The van der Waals surface area contributed by atoms with Crippen LogP contribution < -0.4 is 5.76 Å². The Morgan fingerprint density at radius 1 is 1.33 bits per heavy atom. The lowest BCUT2D eigenvalue weighted by Gasteiger charge is -2.04. The average Bonchev–Trinajstić information content (AvgIpc) is 2.65. The van der Waals surface area contributed by atoms with Gasteiger partial charge in [0.1, 0.15) is 0 Å². The molecular formula is C13H9BrN2O2. The number of halogens is 1. The summed E-state index contributed by atoms with van der Waals surface area (Å²) in [5.41, 5.74) is 2.78. The molecule has 0 aliphatic heterocycles. The summed E-state index contributed by atoms with van der Waals surface area (Å²) in [5.74, 6) is -0.426. The van der Waals surface area contributed by atoms with Crippen LogP contribution in [0.1, 0.15) is 5.56 Å². The second-order valence-corrected chi connectivity index (χ2v) is 4.88. The van der Waals surface area contributed by atoms with Gasteiger partial charge in [0.2, 0.25) is 0 Å². The quantitative estimate of drug-likeness (QED) is 0.694. The van der Waals surface area contributed by atoms with Crippen molar-refractivity contribution in [2.75, 3.05) is 0 Å². The van der Waals surface area contributed by atoms with E-state index in [4.69, 9.17) is 4.42 Å². The maximum Gasteiger partial charge on any atom is 0.425 e. The van der Waals surface area contributed by atoms with Gasteiger partial charge >= 0.3 is 5.76 Å². The average molecular weight is 305 g/mol. The fraction of sp³-hybridized carbons (Fsp3) is 0.0769. The molecule has 0 unspecified atom stereocenters. The Bertz CT molecular complexity index is 789. The van der Waals surface area contributed by atoms with E-state index < -0.39 is 5.76 Å². The van der Waals surface area contributed by atoms with Crippen molar-refractivity contribution in [1.29, 1.82) is 0 Å². The van der Waals surface area contributed by atoms with E-state index in [1.807, 2.05) is 31.2 Å². The van der Waals surface area contributed by atoms with Crippen molar-refractivity contribution in [2.45, 2.75) is 6.92 Å². The first-order valence-corrected chi connectivity index (χ1v) is 6.19. The molecule has 2 heterocycles. The number of hydrogen-bond acceptors (Lipinski definition) is 3. The molecular weight excluding hydrogens is 296 g/mol. The minimum Gasteiger partial charge on any atom is -0.406 e. The van der Waals surface area contributed by atoms with Gasteiger partial charge in [0.15, 0.2) is 11.2 Å². The van der Waals surface area contributed by atoms with Crippen LogP contribution in [0.15, 0.2) is 50.2 Å². The van der Waals surface area contributed by atoms with Crippen molar-refractivity contribution in [3.05, 3.63) is 57.1 Å². The summed E-state index contributed by atoms with van der Waals surface area (Å²) in [7, 11) is 0. The normalized spacial score (nSPS) is 11.0. The third-order valence-electron chi connectivity index (χ3n) is 2.75. The molecule has 0 saturated heterocycles.